The summed E-state index contributed by atoms with van der Waals surface area (Å²) in [5.74, 6) is -3.62. The summed E-state index contributed by atoms with van der Waals surface area (Å²) in [5.41, 5.74) is 7.51. The minimum absolute atomic E-state index is 0.0120. The van der Waals surface area contributed by atoms with Gasteiger partial charge in [0.15, 0.2) is 11.4 Å². The van der Waals surface area contributed by atoms with E-state index in [0.717, 1.165) is 55.3 Å². The van der Waals surface area contributed by atoms with E-state index in [2.05, 4.69) is 44.3 Å². The van der Waals surface area contributed by atoms with Crippen LogP contribution in [0.2, 0.25) is 0 Å². The Labute approximate surface area is 391 Å². The van der Waals surface area contributed by atoms with Gasteiger partial charge in [-0.3, -0.25) is 9.59 Å². The molecule has 0 aromatic heterocycles. The molecule has 68 heavy (non-hydrogen) atoms. The Kier molecular flexibility index (Phi) is 12.6. The van der Waals surface area contributed by atoms with E-state index in [1.54, 1.807) is 85.0 Å². The van der Waals surface area contributed by atoms with E-state index >= 15 is 0 Å². The van der Waals surface area contributed by atoms with E-state index in [9.17, 15) is 29.4 Å². The second-order valence-electron chi connectivity index (χ2n) is 15.3. The van der Waals surface area contributed by atoms with Gasteiger partial charge in [-0.25, -0.2) is 9.59 Å². The van der Waals surface area contributed by atoms with Gasteiger partial charge in [0.25, 0.3) is 11.8 Å². The highest BCUT2D eigenvalue weighted by Gasteiger charge is 2.36. The molecule has 0 radical (unpaired) electrons. The zero-order chi connectivity index (χ0) is 47.0. The molecule has 12 heteroatoms. The predicted octanol–water partition coefficient (Wildman–Crippen LogP) is 11.5. The van der Waals surface area contributed by atoms with Crippen LogP contribution < -0.4 is 19.8 Å². The number of hydrazone groups is 2. The van der Waals surface area contributed by atoms with Gasteiger partial charge in [-0.15, -0.1) is 0 Å². The van der Waals surface area contributed by atoms with Gasteiger partial charge in [0.2, 0.25) is 0 Å². The van der Waals surface area contributed by atoms with Gasteiger partial charge >= 0.3 is 11.9 Å². The van der Waals surface area contributed by atoms with Crippen LogP contribution in [-0.2, 0) is 19.2 Å². The Morgan fingerprint density at radius 2 is 0.676 bits per heavy atom. The van der Waals surface area contributed by atoms with Crippen molar-refractivity contribution in [2.75, 3.05) is 19.8 Å². The Balaban J connectivity index is 0.946. The first-order valence-electron chi connectivity index (χ1n) is 21.4. The van der Waals surface area contributed by atoms with Crippen LogP contribution in [0.4, 0.5) is 45.5 Å². The second-order valence-corrected chi connectivity index (χ2v) is 15.3. The van der Waals surface area contributed by atoms with Crippen LogP contribution in [0.3, 0.4) is 0 Å². The van der Waals surface area contributed by atoms with Crippen LogP contribution in [0.1, 0.15) is 11.1 Å². The monoisotopic (exact) mass is 892 g/mol. The number of carboxylic acid groups (broad SMARTS) is 2. The lowest BCUT2D eigenvalue weighted by atomic mass is 10.1. The zero-order valence-electron chi connectivity index (χ0n) is 36.2. The first-order valence-corrected chi connectivity index (χ1v) is 21.4. The van der Waals surface area contributed by atoms with Gasteiger partial charge in [0.1, 0.15) is 0 Å². The van der Waals surface area contributed by atoms with Crippen LogP contribution in [0, 0.1) is 0 Å². The lowest BCUT2D eigenvalue weighted by molar-refractivity contribution is -0.130. The number of nitrogens with zero attached hydrogens (tertiary/aromatic N) is 6. The minimum Gasteiger partial charge on any atom is -0.476 e. The number of hydrogen-bond donors (Lipinski definition) is 2. The highest BCUT2D eigenvalue weighted by atomic mass is 16.4. The largest absolute Gasteiger partial charge is 0.476 e. The van der Waals surface area contributed by atoms with Crippen molar-refractivity contribution in [2.45, 2.75) is 0 Å². The lowest BCUT2D eigenvalue weighted by Gasteiger charge is -2.28. The summed E-state index contributed by atoms with van der Waals surface area (Å²) >= 11 is 0. The Bertz CT molecular complexity index is 2970. The topological polar surface area (TPSA) is 146 Å². The van der Waals surface area contributed by atoms with E-state index in [1.807, 2.05) is 109 Å². The van der Waals surface area contributed by atoms with Crippen molar-refractivity contribution in [3.8, 4) is 0 Å². The van der Waals surface area contributed by atoms with Crippen molar-refractivity contribution in [1.82, 2.24) is 0 Å². The number of para-hydroxylation sites is 4. The number of carbonyl (C=O) groups is 4. The number of carbonyl (C=O) groups excluding carboxylic acids is 2. The number of rotatable bonds is 14. The van der Waals surface area contributed by atoms with Crippen LogP contribution in [0.25, 0.3) is 12.2 Å². The fraction of sp³-hybridized carbons (Fsp3) is 0. The second kappa shape index (κ2) is 19.6. The molecular weight excluding hydrogens is 853 g/mol. The molecule has 12 nitrogen and oxygen atoms in total. The van der Waals surface area contributed by atoms with Crippen molar-refractivity contribution >= 4 is 92.8 Å². The molecule has 0 aliphatic carbocycles. The molecule has 2 heterocycles. The molecule has 7 aromatic carbocycles. The normalized spacial score (nSPS) is 14.8. The fourth-order valence-corrected chi connectivity index (χ4v) is 7.71. The van der Waals surface area contributed by atoms with Gasteiger partial charge in [-0.1, -0.05) is 121 Å². The highest BCUT2D eigenvalue weighted by Crippen LogP contribution is 2.39. The molecule has 0 atom stereocenters. The van der Waals surface area contributed by atoms with Gasteiger partial charge in [0.05, 0.1) is 22.5 Å². The van der Waals surface area contributed by atoms with Crippen molar-refractivity contribution in [2.24, 2.45) is 10.2 Å². The number of carboxylic acids is 2. The minimum atomic E-state index is -1.29. The SMILES string of the molecule is O=C(O)C1=NN(c2ccccc2)C(=O)C1=CC=Cc1ccc(N(c2ccccc2)c2ccc(N(c3ccccc3)c3ccc(/C=C/C=C4\C(=O)N(c5ccccc5)N=C4C(=O)O)cc3)cc2)cc1. The first-order chi connectivity index (χ1) is 33.2. The third-order valence-electron chi connectivity index (χ3n) is 11.0. The maximum absolute atomic E-state index is 13.2. The van der Waals surface area contributed by atoms with Gasteiger partial charge in [0, 0.05) is 34.1 Å². The van der Waals surface area contributed by atoms with Crippen LogP contribution in [-0.4, -0.2) is 45.4 Å². The summed E-state index contributed by atoms with van der Waals surface area (Å²) in [4.78, 5) is 54.7. The van der Waals surface area contributed by atoms with E-state index in [4.69, 9.17) is 0 Å². The zero-order valence-corrected chi connectivity index (χ0v) is 36.2. The molecule has 2 aliphatic heterocycles. The summed E-state index contributed by atoms with van der Waals surface area (Å²) in [6.07, 6.45) is 9.86. The van der Waals surface area contributed by atoms with Crippen molar-refractivity contribution in [1.29, 1.82) is 0 Å². The third kappa shape index (κ3) is 9.27. The van der Waals surface area contributed by atoms with Gasteiger partial charge in [-0.2, -0.15) is 20.2 Å². The molecule has 330 valence electrons. The molecule has 0 fully saturated rings. The number of benzene rings is 7. The predicted molar refractivity (Wildman–Crippen MR) is 268 cm³/mol. The molecule has 9 rings (SSSR count). The van der Waals surface area contributed by atoms with E-state index in [1.165, 1.54) is 12.2 Å². The molecule has 0 spiro atoms. The summed E-state index contributed by atoms with van der Waals surface area (Å²) in [6, 6.07) is 61.5. The third-order valence-corrected chi connectivity index (χ3v) is 11.0. The fourth-order valence-electron chi connectivity index (χ4n) is 7.71. The Morgan fingerprint density at radius 1 is 0.397 bits per heavy atom. The average molecular weight is 893 g/mol. The number of aliphatic carboxylic acids is 2. The quantitative estimate of drug-likeness (QED) is 0.103. The summed E-state index contributed by atoms with van der Waals surface area (Å²) < 4.78 is 0. The summed E-state index contributed by atoms with van der Waals surface area (Å²) in [7, 11) is 0. The van der Waals surface area contributed by atoms with Crippen LogP contribution in [0.5, 0.6) is 0 Å². The van der Waals surface area contributed by atoms with Crippen molar-refractivity contribution in [3.05, 3.63) is 241 Å². The molecule has 0 saturated carbocycles. The van der Waals surface area contributed by atoms with E-state index in [0.29, 0.717) is 11.4 Å². The van der Waals surface area contributed by atoms with Crippen molar-refractivity contribution < 1.29 is 29.4 Å². The molecule has 0 saturated heterocycles. The summed E-state index contributed by atoms with van der Waals surface area (Å²) in [5, 5.41) is 30.0. The van der Waals surface area contributed by atoms with Crippen molar-refractivity contribution in [3.63, 3.8) is 0 Å². The number of amides is 2. The molecule has 0 unspecified atom stereocenters. The number of hydrogen-bond acceptors (Lipinski definition) is 8. The van der Waals surface area contributed by atoms with Crippen LogP contribution >= 0.6 is 0 Å². The van der Waals surface area contributed by atoms with Crippen LogP contribution in [0.15, 0.2) is 240 Å². The molecule has 2 amide bonds. The molecular formula is C56H40N6O6. The molecule has 2 N–H and O–H groups in total. The molecule has 0 bridgehead atoms. The average Bonchev–Trinajstić information content (AvgIpc) is 3.89. The standard InChI is InChI=1S/C56H40N6O6/c63-53-49(51(55(65)66)57-61(53)47-21-9-3-10-22-47)25-13-15-39-27-31-43(32-28-39)59(41-17-5-1-6-18-41)45-35-37-46(38-36-45)60(42-19-7-2-8-20-42)44-33-29-40(30-34-44)16-14-26-50-52(56(67)68)58-62(54(50)64)48-23-11-4-12-24-48/h1-38H,(H,65,66)(H,67,68)/b15-13+,16-14?,49-25-,50-26?. The maximum Gasteiger partial charge on any atom is 0.357 e. The molecule has 2 aliphatic rings. The highest BCUT2D eigenvalue weighted by molar-refractivity contribution is 6.53. The van der Waals surface area contributed by atoms with Gasteiger partial charge < -0.3 is 20.0 Å². The lowest BCUT2D eigenvalue weighted by Crippen LogP contribution is -2.22. The Hall–Kier alpha value is -9.68. The van der Waals surface area contributed by atoms with Gasteiger partial charge in [-0.05, 0) is 120 Å². The molecule has 7 aromatic rings. The van der Waals surface area contributed by atoms with E-state index in [-0.39, 0.29) is 22.6 Å². The Morgan fingerprint density at radius 3 is 0.985 bits per heavy atom. The van der Waals surface area contributed by atoms with E-state index < -0.39 is 23.8 Å². The smallest absolute Gasteiger partial charge is 0.357 e. The number of anilines is 8. The first kappa shape index (κ1) is 43.6. The summed E-state index contributed by atoms with van der Waals surface area (Å²) in [6.45, 7) is 0. The maximum atomic E-state index is 13.2. The number of allylic oxidation sites excluding steroid dienone is 4.